The third kappa shape index (κ3) is 22.4. The zero-order chi connectivity index (χ0) is 52.0. The number of carbonyl (C=O) groups excluding carboxylic acids is 1. The maximum Gasteiger partial charge on any atom is 3.00 e. The van der Waals surface area contributed by atoms with Crippen LogP contribution in [0, 0.1) is 36.9 Å². The summed E-state index contributed by atoms with van der Waals surface area (Å²) >= 11 is 0. The Hall–Kier alpha value is -3.66. The fraction of sp³-hybridized carbons (Fsp3) is 0.604. The Morgan fingerprint density at radius 1 is 0.736 bits per heavy atom. The number of nitrogens with zero attached hydrogens (tertiary/aromatic N) is 5. The Labute approximate surface area is 455 Å². The molecule has 5 rings (SSSR count). The van der Waals surface area contributed by atoms with E-state index >= 15 is 0 Å². The number of aromatic nitrogens is 1. The maximum atomic E-state index is 9.87. The van der Waals surface area contributed by atoms with Crippen molar-refractivity contribution in [3.8, 4) is 11.5 Å². The molecule has 0 fully saturated rings. The number of fused-ring (bicyclic) bond motifs is 5. The fourth-order valence-electron chi connectivity index (χ4n) is 7.73. The molecule has 3 aliphatic rings. The second kappa shape index (κ2) is 37.1. The minimum Gasteiger partial charge on any atom is -0.852 e. The number of carbonyl (C=O) groups is 1. The summed E-state index contributed by atoms with van der Waals surface area (Å²) in [5, 5.41) is 38.1. The normalized spacial score (nSPS) is 15.0. The number of benzene rings is 1. The number of carboxylic acid groups (broad SMARTS) is 1. The van der Waals surface area contributed by atoms with Gasteiger partial charge in [-0.15, -0.1) is 11.8 Å². The number of allylic oxidation sites excluding steroid dienone is 3. The van der Waals surface area contributed by atoms with Crippen LogP contribution in [0.5, 0.6) is 11.5 Å². The van der Waals surface area contributed by atoms with Gasteiger partial charge in [0, 0.05) is 45.5 Å². The average molecular weight is 1170 g/mol. The first-order chi connectivity index (χ1) is 34.3. The molecule has 0 amide bonds. The van der Waals surface area contributed by atoms with Crippen LogP contribution >= 0.6 is 0 Å². The van der Waals surface area contributed by atoms with Gasteiger partial charge in [0.1, 0.15) is 13.2 Å². The van der Waals surface area contributed by atoms with Crippen LogP contribution in [0.15, 0.2) is 60.1 Å². The molecule has 2 N–H and O–H groups in total. The first-order valence-electron chi connectivity index (χ1n) is 24.6. The molecule has 3 aliphatic heterocycles. The largest absolute Gasteiger partial charge is 3.00 e. The van der Waals surface area contributed by atoms with Crippen molar-refractivity contribution in [1.82, 2.24) is 4.98 Å². The average Bonchev–Trinajstić information content (AvgIpc) is 3.94. The minimum absolute atomic E-state index is 0. The second-order valence-corrected chi connectivity index (χ2v) is 16.8. The van der Waals surface area contributed by atoms with E-state index in [1.165, 1.54) is 16.7 Å². The predicted octanol–water partition coefficient (Wildman–Crippen LogP) is 4.85. The molecular formula is C53H78LuN5O13. The third-order valence-corrected chi connectivity index (χ3v) is 11.1. The van der Waals surface area contributed by atoms with Crippen LogP contribution in [-0.2, 0) is 52.5 Å². The number of aliphatic imine (C=N–C) groups is 4. The number of hydrogen-bond donors (Lipinski definition) is 2. The zero-order valence-corrected chi connectivity index (χ0v) is 45.4. The Bertz CT molecular complexity index is 2160. The van der Waals surface area contributed by atoms with Gasteiger partial charge in [-0.25, -0.2) is 4.99 Å². The van der Waals surface area contributed by atoms with Gasteiger partial charge in [0.15, 0.2) is 11.5 Å². The van der Waals surface area contributed by atoms with Gasteiger partial charge in [-0.3, -0.25) is 15.0 Å². The Morgan fingerprint density at radius 2 is 1.19 bits per heavy atom. The molecule has 18 nitrogen and oxygen atoms in total. The van der Waals surface area contributed by atoms with E-state index in [9.17, 15) is 15.3 Å². The van der Waals surface area contributed by atoms with Crippen LogP contribution in [0.4, 0.5) is 11.4 Å². The van der Waals surface area contributed by atoms with Gasteiger partial charge in [-0.1, -0.05) is 44.9 Å². The van der Waals surface area contributed by atoms with E-state index in [-0.39, 0.29) is 69.3 Å². The van der Waals surface area contributed by atoms with Crippen LogP contribution in [0.25, 0.3) is 6.08 Å². The number of rotatable bonds is 28. The molecule has 0 saturated heterocycles. The monoisotopic (exact) mass is 1170 g/mol. The number of aliphatic carboxylic acids is 1. The number of hydrogen-bond acceptors (Lipinski definition) is 17. The molecule has 0 aliphatic carbocycles. The SMILES string of the molecule is CC(=O)[O-].CC(C)[O-].CCc1c2[n-]c(c1CC)CC1N=C(C=Nc3cc(OCCOCCOCCOC)c(OCCOCCOCCOC)cc3N=CC3=NC(=C2)C(CCCO)=C3C)C(C)=C1CCCO.[Lu+3]. The molecule has 0 saturated carbocycles. The molecule has 1 aromatic carbocycles. The molecule has 1 aromatic heterocycles. The van der Waals surface area contributed by atoms with Gasteiger partial charge >= 0.3 is 36.9 Å². The van der Waals surface area contributed by atoms with Crippen LogP contribution in [0.2, 0.25) is 0 Å². The van der Waals surface area contributed by atoms with Crippen LogP contribution in [0.3, 0.4) is 0 Å². The number of methoxy groups -OCH3 is 2. The first kappa shape index (κ1) is 64.5. The third-order valence-electron chi connectivity index (χ3n) is 11.1. The van der Waals surface area contributed by atoms with Crippen molar-refractivity contribution in [3.05, 3.63) is 62.6 Å². The van der Waals surface area contributed by atoms with Crippen molar-refractivity contribution in [1.29, 1.82) is 0 Å². The minimum atomic E-state index is -1.08. The van der Waals surface area contributed by atoms with Gasteiger partial charge in [0.2, 0.25) is 0 Å². The molecule has 0 spiro atoms. The van der Waals surface area contributed by atoms with Crippen molar-refractivity contribution in [3.63, 3.8) is 0 Å². The van der Waals surface area contributed by atoms with Crippen molar-refractivity contribution < 1.29 is 100.0 Å². The number of ether oxygens (including phenoxy) is 8. The summed E-state index contributed by atoms with van der Waals surface area (Å²) in [6.45, 7) is 17.8. The number of aliphatic hydroxyl groups excluding tert-OH is 2. The number of carboxylic acids is 1. The van der Waals surface area contributed by atoms with Crippen molar-refractivity contribution in [2.75, 3.05) is 107 Å². The van der Waals surface area contributed by atoms with Gasteiger partial charge < -0.3 is 68.1 Å². The Balaban J connectivity index is 0.00000183. The van der Waals surface area contributed by atoms with Crippen molar-refractivity contribution >= 4 is 47.3 Å². The molecule has 72 heavy (non-hydrogen) atoms. The summed E-state index contributed by atoms with van der Waals surface area (Å²) < 4.78 is 45.3. The summed E-state index contributed by atoms with van der Waals surface area (Å²) in [4.78, 5) is 34.6. The van der Waals surface area contributed by atoms with E-state index in [0.29, 0.717) is 115 Å². The second-order valence-electron chi connectivity index (χ2n) is 16.8. The van der Waals surface area contributed by atoms with Gasteiger partial charge in [0.05, 0.1) is 113 Å². The van der Waals surface area contributed by atoms with E-state index in [1.807, 2.05) is 12.1 Å². The van der Waals surface area contributed by atoms with E-state index in [1.54, 1.807) is 40.5 Å². The van der Waals surface area contributed by atoms with Crippen LogP contribution in [-0.4, -0.2) is 159 Å². The molecule has 1 unspecified atom stereocenters. The van der Waals surface area contributed by atoms with Crippen molar-refractivity contribution in [2.24, 2.45) is 20.0 Å². The Morgan fingerprint density at radius 3 is 1.67 bits per heavy atom. The summed E-state index contributed by atoms with van der Waals surface area (Å²) in [6.07, 6.45) is 10.2. The molecular weight excluding hydrogens is 1090 g/mol. The molecule has 408 valence electrons. The first-order valence-corrected chi connectivity index (χ1v) is 24.6. The quantitative estimate of drug-likeness (QED) is 0.108. The standard InChI is InChI=1S/C48H68N5O10.C3H7O.C2H4O2.Lu/c1-7-35-36(8-2)40-28-42-38(12-10-14-55)34(4)46(53-42)32-50-44-30-48(63-26-24-61-22-20-59-18-16-57-6)47(62-25-23-60-21-19-58-17-15-56-5)29-43(44)49-31-45-33(3)37(11-9-13-54)41(52-45)27-39(35)51-40;1-3(2)4;1-2(3)4;/h27,29-32,42,54-55H,7-26,28H2,1-6H3;3H,1-2H3;1H3,(H,3,4);/q2*-1;;+3/p-1. The van der Waals surface area contributed by atoms with Gasteiger partial charge in [0.25, 0.3) is 0 Å². The van der Waals surface area contributed by atoms with E-state index in [0.717, 1.165) is 71.4 Å². The van der Waals surface area contributed by atoms with E-state index in [4.69, 9.17) is 72.7 Å². The summed E-state index contributed by atoms with van der Waals surface area (Å²) in [6, 6.07) is 3.51. The maximum absolute atomic E-state index is 9.87. The van der Waals surface area contributed by atoms with Crippen LogP contribution < -0.4 is 24.7 Å². The molecule has 1 atom stereocenters. The number of aliphatic hydroxyl groups is 2. The summed E-state index contributed by atoms with van der Waals surface area (Å²) in [5.74, 6) is -0.142. The predicted molar refractivity (Wildman–Crippen MR) is 273 cm³/mol. The smallest absolute Gasteiger partial charge is 0.852 e. The van der Waals surface area contributed by atoms with Gasteiger partial charge in [-0.05, 0) is 88.0 Å². The summed E-state index contributed by atoms with van der Waals surface area (Å²) in [5.41, 5.74) is 12.1. The summed E-state index contributed by atoms with van der Waals surface area (Å²) in [7, 11) is 3.28. The fourth-order valence-corrected chi connectivity index (χ4v) is 7.73. The molecule has 2 aromatic rings. The van der Waals surface area contributed by atoms with Gasteiger partial charge in [-0.2, -0.15) is 5.69 Å². The van der Waals surface area contributed by atoms with E-state index < -0.39 is 12.1 Å². The molecule has 6 bridgehead atoms. The van der Waals surface area contributed by atoms with Crippen molar-refractivity contribution in [2.45, 2.75) is 106 Å². The molecule has 19 heteroatoms. The molecule has 0 radical (unpaired) electrons. The van der Waals surface area contributed by atoms with Crippen LogP contribution in [0.1, 0.15) is 96.7 Å². The Kier molecular flexibility index (Phi) is 33.2. The van der Waals surface area contributed by atoms with E-state index in [2.05, 4.69) is 33.8 Å². The topological polar surface area (TPSA) is 241 Å². The molecule has 4 heterocycles. The zero-order valence-electron chi connectivity index (χ0n) is 43.8.